The first-order chi connectivity index (χ1) is 9.20. The predicted molar refractivity (Wildman–Crippen MR) is 58.6 cm³/mol. The Bertz CT molecular complexity index is 520. The van der Waals surface area contributed by atoms with Gasteiger partial charge >= 0.3 is 6.18 Å². The van der Waals surface area contributed by atoms with Crippen molar-refractivity contribution in [3.05, 3.63) is 44.0 Å². The molecule has 20 heavy (non-hydrogen) atoms. The van der Waals surface area contributed by atoms with Crippen molar-refractivity contribution in [3.8, 4) is 0 Å². The first-order valence-electron chi connectivity index (χ1n) is 5.04. The summed E-state index contributed by atoms with van der Waals surface area (Å²) in [4.78, 5) is 23.6. The topological polar surface area (TPSA) is 108 Å². The molecule has 0 fully saturated rings. The number of benzene rings is 1. The van der Waals surface area contributed by atoms with E-state index < -0.39 is 40.5 Å². The van der Waals surface area contributed by atoms with Crippen LogP contribution in [0.25, 0.3) is 0 Å². The third kappa shape index (κ3) is 4.78. The van der Waals surface area contributed by atoms with Gasteiger partial charge in [0, 0.05) is 11.6 Å². The fourth-order valence-electron chi connectivity index (χ4n) is 1.25. The number of nitro benzene ring substituents is 2. The lowest BCUT2D eigenvalue weighted by atomic mass is 10.1. The van der Waals surface area contributed by atoms with E-state index in [9.17, 15) is 33.4 Å². The highest BCUT2D eigenvalue weighted by molar-refractivity contribution is 5.48. The molecule has 1 aromatic rings. The molecule has 0 aliphatic heterocycles. The van der Waals surface area contributed by atoms with Gasteiger partial charge < -0.3 is 0 Å². The third-order valence-electron chi connectivity index (χ3n) is 2.08. The molecule has 0 saturated heterocycles. The Kier molecular flexibility index (Phi) is 4.94. The zero-order valence-corrected chi connectivity index (χ0v) is 9.72. The smallest absolute Gasteiger partial charge is 0.292 e. The van der Waals surface area contributed by atoms with Crippen molar-refractivity contribution in [1.29, 1.82) is 0 Å². The number of nitrogens with one attached hydrogen (secondary N) is 1. The van der Waals surface area contributed by atoms with E-state index in [1.54, 1.807) is 0 Å². The van der Waals surface area contributed by atoms with Crippen LogP contribution in [-0.4, -0.2) is 22.6 Å². The maximum absolute atomic E-state index is 11.8. The van der Waals surface area contributed by atoms with Gasteiger partial charge in [-0.3, -0.25) is 25.1 Å². The number of non-ortho nitro benzene ring substituents is 1. The maximum atomic E-state index is 11.8. The van der Waals surface area contributed by atoms with Gasteiger partial charge in [0.1, 0.15) is 0 Å². The van der Waals surface area contributed by atoms with Gasteiger partial charge in [-0.25, -0.2) is 0 Å². The van der Waals surface area contributed by atoms with Crippen molar-refractivity contribution in [2.24, 2.45) is 0 Å². The van der Waals surface area contributed by atoms with E-state index in [4.69, 9.17) is 0 Å². The normalized spacial score (nSPS) is 11.3. The molecule has 0 aliphatic carbocycles. The van der Waals surface area contributed by atoms with E-state index in [0.29, 0.717) is 0 Å². The first-order valence-corrected chi connectivity index (χ1v) is 5.04. The van der Waals surface area contributed by atoms with Gasteiger partial charge in [-0.05, 0) is 6.07 Å². The van der Waals surface area contributed by atoms with Gasteiger partial charge in [0.05, 0.1) is 22.5 Å². The number of alkyl halides is 3. The summed E-state index contributed by atoms with van der Waals surface area (Å²) >= 11 is 0. The molecule has 110 valence electrons. The molecular weight excluding hydrogens is 287 g/mol. The maximum Gasteiger partial charge on any atom is 0.413 e. The second-order valence-electron chi connectivity index (χ2n) is 3.55. The number of halogens is 3. The lowest BCUT2D eigenvalue weighted by molar-refractivity contribution is -0.394. The van der Waals surface area contributed by atoms with E-state index in [0.717, 1.165) is 18.2 Å². The number of nitro groups is 2. The molecule has 0 spiro atoms. The minimum atomic E-state index is -4.53. The molecule has 1 rings (SSSR count). The molecule has 0 bridgehead atoms. The average Bonchev–Trinajstić information content (AvgIpc) is 2.33. The first kappa shape index (κ1) is 15.8. The zero-order chi connectivity index (χ0) is 15.3. The van der Waals surface area contributed by atoms with Crippen LogP contribution < -0.4 is 5.48 Å². The molecule has 8 nitrogen and oxygen atoms in total. The van der Waals surface area contributed by atoms with Crippen molar-refractivity contribution >= 4 is 11.4 Å². The minimum absolute atomic E-state index is 0.0391. The van der Waals surface area contributed by atoms with Gasteiger partial charge in [0.2, 0.25) is 0 Å². The van der Waals surface area contributed by atoms with Crippen LogP contribution in [0, 0.1) is 20.2 Å². The summed E-state index contributed by atoms with van der Waals surface area (Å²) in [6.45, 7) is -1.96. The van der Waals surface area contributed by atoms with Crippen LogP contribution in [0.1, 0.15) is 5.56 Å². The molecule has 0 aromatic heterocycles. The summed E-state index contributed by atoms with van der Waals surface area (Å²) in [7, 11) is 0. The summed E-state index contributed by atoms with van der Waals surface area (Å²) in [5.41, 5.74) is 0.798. The van der Waals surface area contributed by atoms with Crippen molar-refractivity contribution in [2.75, 3.05) is 6.61 Å². The molecule has 1 aromatic carbocycles. The molecule has 0 heterocycles. The standard InChI is InChI=1S/C9H8F3N3O5/c10-9(11,12)5-20-13-4-6-1-2-7(14(16)17)3-8(6)15(18)19/h1-3,13H,4-5H2. The van der Waals surface area contributed by atoms with E-state index >= 15 is 0 Å². The van der Waals surface area contributed by atoms with Crippen LogP contribution in [0.4, 0.5) is 24.5 Å². The second kappa shape index (κ2) is 6.25. The van der Waals surface area contributed by atoms with Gasteiger partial charge in [-0.1, -0.05) is 0 Å². The molecular formula is C9H8F3N3O5. The van der Waals surface area contributed by atoms with Crippen molar-refractivity contribution in [1.82, 2.24) is 5.48 Å². The summed E-state index contributed by atoms with van der Waals surface area (Å²) in [5.74, 6) is 0. The Balaban J connectivity index is 2.75. The summed E-state index contributed by atoms with van der Waals surface area (Å²) in [5, 5.41) is 21.2. The summed E-state index contributed by atoms with van der Waals surface area (Å²) < 4.78 is 35.3. The Morgan fingerprint density at radius 3 is 2.35 bits per heavy atom. The van der Waals surface area contributed by atoms with Crippen LogP contribution in [0.5, 0.6) is 0 Å². The molecule has 0 saturated carbocycles. The van der Waals surface area contributed by atoms with Gasteiger partial charge in [0.25, 0.3) is 11.4 Å². The molecule has 0 amide bonds. The third-order valence-corrected chi connectivity index (χ3v) is 2.08. The molecule has 0 unspecified atom stereocenters. The Morgan fingerprint density at radius 1 is 1.20 bits per heavy atom. The minimum Gasteiger partial charge on any atom is -0.292 e. The Morgan fingerprint density at radius 2 is 1.85 bits per heavy atom. The number of hydroxylamine groups is 1. The molecule has 1 N–H and O–H groups in total. The van der Waals surface area contributed by atoms with E-state index in [1.807, 2.05) is 5.48 Å². The van der Waals surface area contributed by atoms with Crippen molar-refractivity contribution < 1.29 is 27.9 Å². The number of rotatable bonds is 6. The van der Waals surface area contributed by atoms with Gasteiger partial charge in [-0.15, -0.1) is 0 Å². The number of nitrogens with zero attached hydrogens (tertiary/aromatic N) is 2. The quantitative estimate of drug-likeness (QED) is 0.489. The van der Waals surface area contributed by atoms with Crippen LogP contribution in [-0.2, 0) is 11.4 Å². The van der Waals surface area contributed by atoms with E-state index in [1.165, 1.54) is 0 Å². The SMILES string of the molecule is O=[N+]([O-])c1ccc(CNOCC(F)(F)F)c([N+](=O)[O-])c1. The fraction of sp³-hybridized carbons (Fsp3) is 0.333. The monoisotopic (exact) mass is 295 g/mol. The lowest BCUT2D eigenvalue weighted by Crippen LogP contribution is -2.24. The highest BCUT2D eigenvalue weighted by Crippen LogP contribution is 2.24. The highest BCUT2D eigenvalue weighted by Gasteiger charge is 2.28. The fourth-order valence-corrected chi connectivity index (χ4v) is 1.25. The van der Waals surface area contributed by atoms with Gasteiger partial charge in [-0.2, -0.15) is 18.7 Å². The lowest BCUT2D eigenvalue weighted by Gasteiger charge is -2.08. The summed E-state index contributed by atoms with van der Waals surface area (Å²) in [6, 6.07) is 2.80. The predicted octanol–water partition coefficient (Wildman–Crippen LogP) is 2.09. The van der Waals surface area contributed by atoms with E-state index in [2.05, 4.69) is 4.84 Å². The van der Waals surface area contributed by atoms with Crippen LogP contribution in [0.2, 0.25) is 0 Å². The molecule has 0 aliphatic rings. The van der Waals surface area contributed by atoms with Crippen molar-refractivity contribution in [2.45, 2.75) is 12.7 Å². The van der Waals surface area contributed by atoms with Crippen LogP contribution >= 0.6 is 0 Å². The molecule has 11 heteroatoms. The number of hydrogen-bond acceptors (Lipinski definition) is 6. The highest BCUT2D eigenvalue weighted by atomic mass is 19.4. The van der Waals surface area contributed by atoms with Crippen molar-refractivity contribution in [3.63, 3.8) is 0 Å². The Labute approximate surface area is 109 Å². The summed E-state index contributed by atoms with van der Waals surface area (Å²) in [6.07, 6.45) is -4.53. The largest absolute Gasteiger partial charge is 0.413 e. The molecule has 0 radical (unpaired) electrons. The Hall–Kier alpha value is -2.27. The van der Waals surface area contributed by atoms with Gasteiger partial charge in [0.15, 0.2) is 6.61 Å². The van der Waals surface area contributed by atoms with Crippen LogP contribution in [0.3, 0.4) is 0 Å². The zero-order valence-electron chi connectivity index (χ0n) is 9.72. The molecule has 0 atom stereocenters. The second-order valence-corrected chi connectivity index (χ2v) is 3.55. The van der Waals surface area contributed by atoms with E-state index in [-0.39, 0.29) is 5.56 Å². The average molecular weight is 295 g/mol. The van der Waals surface area contributed by atoms with Crippen LogP contribution in [0.15, 0.2) is 18.2 Å². The number of hydrogen-bond donors (Lipinski definition) is 1.